The summed E-state index contributed by atoms with van der Waals surface area (Å²) in [5.74, 6) is 0. The molecule has 4 heteroatoms. The molecular weight excluding hydrogens is 332 g/mol. The summed E-state index contributed by atoms with van der Waals surface area (Å²) in [6.07, 6.45) is 4.74. The van der Waals surface area contributed by atoms with Crippen LogP contribution in [0.25, 0.3) is 11.3 Å². The number of benzene rings is 2. The molecule has 0 saturated carbocycles. The molecule has 0 radical (unpaired) electrons. The van der Waals surface area contributed by atoms with E-state index in [1.165, 1.54) is 16.7 Å². The van der Waals surface area contributed by atoms with Crippen LogP contribution >= 0.6 is 0 Å². The second-order valence-electron chi connectivity index (χ2n) is 6.84. The monoisotopic (exact) mass is 358 g/mol. The summed E-state index contributed by atoms with van der Waals surface area (Å²) in [6.45, 7) is 4.56. The molecule has 2 aromatic carbocycles. The zero-order valence-electron chi connectivity index (χ0n) is 15.9. The zero-order chi connectivity index (χ0) is 18.9. The van der Waals surface area contributed by atoms with Gasteiger partial charge in [-0.3, -0.25) is 4.68 Å². The Kier molecular flexibility index (Phi) is 6.78. The third kappa shape index (κ3) is 5.54. The van der Waals surface area contributed by atoms with Crippen molar-refractivity contribution in [3.63, 3.8) is 0 Å². The fourth-order valence-electron chi connectivity index (χ4n) is 3.08. The Morgan fingerprint density at radius 1 is 1.04 bits per heavy atom. The third-order valence-electron chi connectivity index (χ3n) is 4.56. The van der Waals surface area contributed by atoms with Gasteiger partial charge >= 0.3 is 0 Å². The smallest absolute Gasteiger partial charge is 0.0968 e. The van der Waals surface area contributed by atoms with E-state index in [9.17, 15) is 0 Å². The summed E-state index contributed by atoms with van der Waals surface area (Å²) in [5.41, 5.74) is 5.88. The van der Waals surface area contributed by atoms with E-state index >= 15 is 0 Å². The van der Waals surface area contributed by atoms with E-state index in [2.05, 4.69) is 73.0 Å². The van der Waals surface area contributed by atoms with E-state index in [0.29, 0.717) is 6.42 Å². The number of hydrogen-bond donors (Lipinski definition) is 1. The van der Waals surface area contributed by atoms with E-state index in [-0.39, 0.29) is 0 Å². The van der Waals surface area contributed by atoms with Crippen LogP contribution in [0, 0.1) is 18.3 Å². The molecule has 3 rings (SSSR count). The molecule has 0 bridgehead atoms. The Hall–Kier alpha value is -2.90. The number of hydrogen-bond acceptors (Lipinski definition) is 3. The highest BCUT2D eigenvalue weighted by atomic mass is 15.3. The van der Waals surface area contributed by atoms with Gasteiger partial charge in [0.1, 0.15) is 0 Å². The average Bonchev–Trinajstić information content (AvgIpc) is 3.08. The number of aromatic nitrogens is 2. The molecule has 27 heavy (non-hydrogen) atoms. The van der Waals surface area contributed by atoms with Crippen LogP contribution < -0.4 is 5.32 Å². The summed E-state index contributed by atoms with van der Waals surface area (Å²) in [5, 5.41) is 17.0. The maximum absolute atomic E-state index is 8.63. The molecule has 0 fully saturated rings. The lowest BCUT2D eigenvalue weighted by Crippen LogP contribution is -2.14. The van der Waals surface area contributed by atoms with Crippen molar-refractivity contribution in [2.24, 2.45) is 0 Å². The Labute approximate surface area is 161 Å². The number of nitriles is 1. The molecule has 0 aliphatic rings. The maximum Gasteiger partial charge on any atom is 0.0968 e. The summed E-state index contributed by atoms with van der Waals surface area (Å²) in [7, 11) is 0. The minimum atomic E-state index is 0.630. The average molecular weight is 358 g/mol. The van der Waals surface area contributed by atoms with Gasteiger partial charge in [0.05, 0.1) is 18.3 Å². The van der Waals surface area contributed by atoms with Crippen LogP contribution in [0.1, 0.15) is 36.0 Å². The molecular formula is C23H26N4. The Morgan fingerprint density at radius 3 is 2.56 bits per heavy atom. The highest BCUT2D eigenvalue weighted by Crippen LogP contribution is 2.23. The van der Waals surface area contributed by atoms with Crippen molar-refractivity contribution >= 4 is 0 Å². The first-order valence-corrected chi connectivity index (χ1v) is 9.51. The largest absolute Gasteiger partial charge is 0.313 e. The van der Waals surface area contributed by atoms with Crippen molar-refractivity contribution in [3.05, 3.63) is 77.5 Å². The first-order chi connectivity index (χ1) is 13.3. The third-order valence-corrected chi connectivity index (χ3v) is 4.56. The van der Waals surface area contributed by atoms with Gasteiger partial charge in [-0.2, -0.15) is 10.4 Å². The van der Waals surface area contributed by atoms with Gasteiger partial charge in [0.15, 0.2) is 0 Å². The van der Waals surface area contributed by atoms with Crippen LogP contribution in [-0.4, -0.2) is 16.3 Å². The summed E-state index contributed by atoms with van der Waals surface area (Å²) in [4.78, 5) is 0. The van der Waals surface area contributed by atoms with Gasteiger partial charge in [0, 0.05) is 30.3 Å². The van der Waals surface area contributed by atoms with Crippen molar-refractivity contribution in [3.8, 4) is 17.3 Å². The van der Waals surface area contributed by atoms with Crippen LogP contribution in [0.5, 0.6) is 0 Å². The van der Waals surface area contributed by atoms with E-state index in [1.54, 1.807) is 0 Å². The second kappa shape index (κ2) is 9.70. The van der Waals surface area contributed by atoms with Crippen LogP contribution in [0.3, 0.4) is 0 Å². The highest BCUT2D eigenvalue weighted by molar-refractivity contribution is 5.63. The lowest BCUT2D eigenvalue weighted by atomic mass is 10.1. The summed E-state index contributed by atoms with van der Waals surface area (Å²) >= 11 is 0. The van der Waals surface area contributed by atoms with Crippen molar-refractivity contribution in [1.82, 2.24) is 15.1 Å². The van der Waals surface area contributed by atoms with Crippen LogP contribution in [0.15, 0.2) is 60.8 Å². The molecule has 0 amide bonds. The minimum absolute atomic E-state index is 0.630. The molecule has 4 nitrogen and oxygen atoms in total. The summed E-state index contributed by atoms with van der Waals surface area (Å²) in [6, 6.07) is 21.1. The molecule has 0 unspecified atom stereocenters. The Bertz CT molecular complexity index is 873. The maximum atomic E-state index is 8.63. The van der Waals surface area contributed by atoms with Crippen molar-refractivity contribution in [1.29, 1.82) is 5.26 Å². The zero-order valence-corrected chi connectivity index (χ0v) is 15.9. The van der Waals surface area contributed by atoms with Crippen LogP contribution in [0.2, 0.25) is 0 Å². The van der Waals surface area contributed by atoms with E-state index in [4.69, 9.17) is 10.4 Å². The highest BCUT2D eigenvalue weighted by Gasteiger charge is 2.11. The van der Waals surface area contributed by atoms with Gasteiger partial charge in [0.25, 0.3) is 0 Å². The quantitative estimate of drug-likeness (QED) is 0.565. The molecule has 1 heterocycles. The Balaban J connectivity index is 1.74. The van der Waals surface area contributed by atoms with E-state index in [0.717, 1.165) is 43.7 Å². The van der Waals surface area contributed by atoms with Gasteiger partial charge in [-0.1, -0.05) is 60.2 Å². The number of nitrogens with one attached hydrogen (secondary N) is 1. The topological polar surface area (TPSA) is 53.6 Å². The van der Waals surface area contributed by atoms with Gasteiger partial charge < -0.3 is 5.32 Å². The van der Waals surface area contributed by atoms with Gasteiger partial charge in [0.2, 0.25) is 0 Å². The van der Waals surface area contributed by atoms with E-state index in [1.807, 2.05) is 10.7 Å². The van der Waals surface area contributed by atoms with Crippen LogP contribution in [0.4, 0.5) is 0 Å². The fraction of sp³-hybridized carbons (Fsp3) is 0.304. The molecule has 0 saturated heterocycles. The number of nitrogens with zero attached hydrogens (tertiary/aromatic N) is 3. The molecule has 0 aliphatic carbocycles. The Morgan fingerprint density at radius 2 is 1.81 bits per heavy atom. The SMILES string of the molecule is Cc1ccc(-c2nn(Cc3ccccc3)cc2CNCCCCC#N)cc1. The van der Waals surface area contributed by atoms with Crippen LogP contribution in [-0.2, 0) is 13.1 Å². The van der Waals surface area contributed by atoms with Crippen molar-refractivity contribution in [2.75, 3.05) is 6.54 Å². The van der Waals surface area contributed by atoms with Crippen molar-refractivity contribution < 1.29 is 0 Å². The number of unbranched alkanes of at least 4 members (excludes halogenated alkanes) is 2. The molecule has 3 aromatic rings. The van der Waals surface area contributed by atoms with Gasteiger partial charge in [-0.15, -0.1) is 0 Å². The normalized spacial score (nSPS) is 10.7. The summed E-state index contributed by atoms with van der Waals surface area (Å²) < 4.78 is 2.03. The number of aryl methyl sites for hydroxylation is 1. The molecule has 138 valence electrons. The second-order valence-corrected chi connectivity index (χ2v) is 6.84. The van der Waals surface area contributed by atoms with Crippen molar-refractivity contribution in [2.45, 2.75) is 39.3 Å². The fourth-order valence-corrected chi connectivity index (χ4v) is 3.08. The van der Waals surface area contributed by atoms with Gasteiger partial charge in [-0.25, -0.2) is 0 Å². The minimum Gasteiger partial charge on any atom is -0.313 e. The number of rotatable bonds is 9. The lowest BCUT2D eigenvalue weighted by molar-refractivity contribution is 0.627. The predicted octanol–water partition coefficient (Wildman–Crippen LogP) is 4.69. The standard InChI is InChI=1S/C23H26N4/c1-19-10-12-21(13-11-19)23-22(16-25-15-7-3-6-14-24)18-27(26-23)17-20-8-4-2-5-9-20/h2,4-5,8-13,18,25H,3,6-7,15-17H2,1H3. The molecule has 0 atom stereocenters. The van der Waals surface area contributed by atoms with E-state index < -0.39 is 0 Å². The van der Waals surface area contributed by atoms with Gasteiger partial charge in [-0.05, 0) is 31.9 Å². The first-order valence-electron chi connectivity index (χ1n) is 9.51. The molecule has 0 aliphatic heterocycles. The predicted molar refractivity (Wildman–Crippen MR) is 109 cm³/mol. The molecule has 1 aromatic heterocycles. The lowest BCUT2D eigenvalue weighted by Gasteiger charge is -2.05. The molecule has 1 N–H and O–H groups in total. The first kappa shape index (κ1) is 18.9. The molecule has 0 spiro atoms.